The van der Waals surface area contributed by atoms with Gasteiger partial charge >= 0.3 is 5.97 Å². The van der Waals surface area contributed by atoms with Crippen molar-refractivity contribution >= 4 is 5.97 Å². The predicted molar refractivity (Wildman–Crippen MR) is 104 cm³/mol. The van der Waals surface area contributed by atoms with Crippen molar-refractivity contribution < 1.29 is 19.7 Å². The Bertz CT molecular complexity index is 629. The normalized spacial score (nSPS) is 22.7. The van der Waals surface area contributed by atoms with Gasteiger partial charge < -0.3 is 14.9 Å². The quantitative estimate of drug-likeness (QED) is 0.761. The zero-order valence-corrected chi connectivity index (χ0v) is 16.3. The fraction of sp³-hybridized carbons (Fsp3) is 0.667. The summed E-state index contributed by atoms with van der Waals surface area (Å²) < 4.78 is 5.56. The molecule has 3 rings (SSSR count). The first-order valence-electron chi connectivity index (χ1n) is 10.2. The average molecular weight is 376 g/mol. The molecule has 1 aromatic rings. The minimum atomic E-state index is -0.646. The maximum absolute atomic E-state index is 11.3. The van der Waals surface area contributed by atoms with Crippen LogP contribution in [-0.4, -0.2) is 64.8 Å². The Morgan fingerprint density at radius 3 is 2.67 bits per heavy atom. The third kappa shape index (κ3) is 5.21. The van der Waals surface area contributed by atoms with Crippen LogP contribution in [0.15, 0.2) is 18.2 Å². The van der Waals surface area contributed by atoms with Crippen molar-refractivity contribution in [2.75, 3.05) is 32.8 Å². The van der Waals surface area contributed by atoms with Gasteiger partial charge in [-0.3, -0.25) is 14.6 Å². The largest absolute Gasteiger partial charge is 0.494 e. The second-order valence-electron chi connectivity index (χ2n) is 7.71. The van der Waals surface area contributed by atoms with Crippen LogP contribution in [0.2, 0.25) is 0 Å². The van der Waals surface area contributed by atoms with Gasteiger partial charge in [-0.2, -0.15) is 0 Å². The number of piperidine rings is 2. The molecular weight excluding hydrogens is 344 g/mol. The molecule has 2 fully saturated rings. The summed E-state index contributed by atoms with van der Waals surface area (Å²) in [6.07, 6.45) is 4.00. The standard InChI is InChI=1S/C21H32N2O4/c1-2-27-20-6-5-16(12-18(20)15-24)13-22-10-7-19(8-11-22)23-9-3-4-17(14-23)21(25)26/h5-6,12,17,19,24H,2-4,7-11,13-15H2,1H3,(H,25,26). The van der Waals surface area contributed by atoms with Gasteiger partial charge in [0.25, 0.3) is 0 Å². The lowest BCUT2D eigenvalue weighted by Crippen LogP contribution is -2.49. The van der Waals surface area contributed by atoms with E-state index in [1.807, 2.05) is 19.1 Å². The van der Waals surface area contributed by atoms with Gasteiger partial charge in [0, 0.05) is 24.7 Å². The van der Waals surface area contributed by atoms with E-state index in [1.54, 1.807) is 0 Å². The Hall–Kier alpha value is -1.63. The SMILES string of the molecule is CCOc1ccc(CN2CCC(N3CCCC(C(=O)O)C3)CC2)cc1CO. The van der Waals surface area contributed by atoms with E-state index in [-0.39, 0.29) is 12.5 Å². The summed E-state index contributed by atoms with van der Waals surface area (Å²) in [6.45, 7) is 7.21. The highest BCUT2D eigenvalue weighted by atomic mass is 16.5. The van der Waals surface area contributed by atoms with Crippen molar-refractivity contribution in [2.45, 2.75) is 51.8 Å². The second-order valence-corrected chi connectivity index (χ2v) is 7.71. The lowest BCUT2D eigenvalue weighted by molar-refractivity contribution is -0.144. The van der Waals surface area contributed by atoms with Crippen LogP contribution in [0.1, 0.15) is 43.7 Å². The fourth-order valence-electron chi connectivity index (χ4n) is 4.39. The smallest absolute Gasteiger partial charge is 0.307 e. The third-order valence-corrected chi connectivity index (χ3v) is 5.88. The highest BCUT2D eigenvalue weighted by Crippen LogP contribution is 2.26. The van der Waals surface area contributed by atoms with Gasteiger partial charge in [0.2, 0.25) is 0 Å². The molecule has 2 N–H and O–H groups in total. The number of carboxylic acid groups (broad SMARTS) is 1. The van der Waals surface area contributed by atoms with Gasteiger partial charge in [0.1, 0.15) is 5.75 Å². The van der Waals surface area contributed by atoms with Crippen molar-refractivity contribution in [3.8, 4) is 5.75 Å². The van der Waals surface area contributed by atoms with Gasteiger partial charge in [-0.05, 0) is 69.9 Å². The number of aliphatic carboxylic acids is 1. The van der Waals surface area contributed by atoms with Crippen molar-refractivity contribution in [1.82, 2.24) is 9.80 Å². The monoisotopic (exact) mass is 376 g/mol. The Morgan fingerprint density at radius 1 is 1.22 bits per heavy atom. The van der Waals surface area contributed by atoms with Crippen molar-refractivity contribution in [3.05, 3.63) is 29.3 Å². The predicted octanol–water partition coefficient (Wildman–Crippen LogP) is 2.34. The summed E-state index contributed by atoms with van der Waals surface area (Å²) in [5.41, 5.74) is 2.04. The molecule has 2 heterocycles. The molecule has 1 atom stereocenters. The molecule has 2 aliphatic rings. The van der Waals surface area contributed by atoms with Crippen LogP contribution >= 0.6 is 0 Å². The minimum absolute atomic E-state index is 0.00898. The first-order chi connectivity index (χ1) is 13.1. The summed E-state index contributed by atoms with van der Waals surface area (Å²) >= 11 is 0. The summed E-state index contributed by atoms with van der Waals surface area (Å²) in [7, 11) is 0. The van der Waals surface area contributed by atoms with Gasteiger partial charge in [-0.25, -0.2) is 0 Å². The Balaban J connectivity index is 1.51. The molecule has 0 radical (unpaired) electrons. The molecule has 1 aromatic carbocycles. The summed E-state index contributed by atoms with van der Waals surface area (Å²) in [5.74, 6) is -0.0783. The molecule has 27 heavy (non-hydrogen) atoms. The molecule has 150 valence electrons. The molecule has 0 bridgehead atoms. The van der Waals surface area contributed by atoms with Gasteiger partial charge in [0.05, 0.1) is 19.1 Å². The van der Waals surface area contributed by atoms with Crippen LogP contribution in [-0.2, 0) is 17.9 Å². The second kappa shape index (κ2) is 9.53. The van der Waals surface area contributed by atoms with E-state index in [9.17, 15) is 15.0 Å². The highest BCUT2D eigenvalue weighted by molar-refractivity contribution is 5.70. The number of hydrogen-bond donors (Lipinski definition) is 2. The van der Waals surface area contributed by atoms with Crippen LogP contribution in [0.3, 0.4) is 0 Å². The van der Waals surface area contributed by atoms with E-state index in [2.05, 4.69) is 15.9 Å². The molecule has 0 aromatic heterocycles. The number of aliphatic hydroxyl groups is 1. The first-order valence-corrected chi connectivity index (χ1v) is 10.2. The third-order valence-electron chi connectivity index (χ3n) is 5.88. The molecule has 0 aliphatic carbocycles. The maximum atomic E-state index is 11.3. The van der Waals surface area contributed by atoms with Crippen LogP contribution < -0.4 is 4.74 Å². The highest BCUT2D eigenvalue weighted by Gasteiger charge is 2.31. The van der Waals surface area contributed by atoms with Crippen LogP contribution in [0.5, 0.6) is 5.75 Å². The van der Waals surface area contributed by atoms with Crippen LogP contribution in [0.25, 0.3) is 0 Å². The Morgan fingerprint density at radius 2 is 2.00 bits per heavy atom. The zero-order valence-electron chi connectivity index (χ0n) is 16.3. The Labute approximate surface area is 161 Å². The molecule has 0 amide bonds. The lowest BCUT2D eigenvalue weighted by atomic mass is 9.94. The number of aliphatic hydroxyl groups excluding tert-OH is 1. The van der Waals surface area contributed by atoms with E-state index in [0.29, 0.717) is 19.2 Å². The Kier molecular flexibility index (Phi) is 7.10. The summed E-state index contributed by atoms with van der Waals surface area (Å²) in [5, 5.41) is 18.9. The van der Waals surface area contributed by atoms with E-state index in [4.69, 9.17) is 4.74 Å². The summed E-state index contributed by atoms with van der Waals surface area (Å²) in [4.78, 5) is 16.1. The number of ether oxygens (including phenoxy) is 1. The van der Waals surface area contributed by atoms with E-state index < -0.39 is 5.97 Å². The molecule has 0 spiro atoms. The van der Waals surface area contributed by atoms with Crippen molar-refractivity contribution in [1.29, 1.82) is 0 Å². The van der Waals surface area contributed by atoms with Gasteiger partial charge in [-0.15, -0.1) is 0 Å². The lowest BCUT2D eigenvalue weighted by Gasteiger charge is -2.41. The molecule has 2 aliphatic heterocycles. The molecule has 6 heteroatoms. The van der Waals surface area contributed by atoms with Crippen LogP contribution in [0.4, 0.5) is 0 Å². The van der Waals surface area contributed by atoms with E-state index in [0.717, 1.165) is 63.2 Å². The molecule has 2 saturated heterocycles. The molecular formula is C21H32N2O4. The number of carboxylic acids is 1. The zero-order chi connectivity index (χ0) is 19.2. The van der Waals surface area contributed by atoms with Crippen molar-refractivity contribution in [2.24, 2.45) is 5.92 Å². The first kappa shape index (κ1) is 20.1. The number of hydrogen-bond acceptors (Lipinski definition) is 5. The number of rotatable bonds is 7. The number of likely N-dealkylation sites (tertiary alicyclic amines) is 2. The topological polar surface area (TPSA) is 73.2 Å². The minimum Gasteiger partial charge on any atom is -0.494 e. The van der Waals surface area contributed by atoms with Crippen molar-refractivity contribution in [3.63, 3.8) is 0 Å². The van der Waals surface area contributed by atoms with E-state index >= 15 is 0 Å². The molecule has 1 unspecified atom stereocenters. The summed E-state index contributed by atoms with van der Waals surface area (Å²) in [6, 6.07) is 6.59. The average Bonchev–Trinajstić information content (AvgIpc) is 2.70. The molecule has 0 saturated carbocycles. The molecule has 6 nitrogen and oxygen atoms in total. The van der Waals surface area contributed by atoms with E-state index in [1.165, 1.54) is 5.56 Å². The van der Waals surface area contributed by atoms with Crippen LogP contribution in [0, 0.1) is 5.92 Å². The number of benzene rings is 1. The van der Waals surface area contributed by atoms with Gasteiger partial charge in [0.15, 0.2) is 0 Å². The van der Waals surface area contributed by atoms with Gasteiger partial charge in [-0.1, -0.05) is 6.07 Å². The maximum Gasteiger partial charge on any atom is 0.307 e. The number of carbonyl (C=O) groups is 1. The fourth-order valence-corrected chi connectivity index (χ4v) is 4.39. The number of nitrogens with zero attached hydrogens (tertiary/aromatic N) is 2.